The number of para-hydroxylation sites is 1. The van der Waals surface area contributed by atoms with Crippen molar-refractivity contribution in [1.29, 1.82) is 0 Å². The second-order valence-electron chi connectivity index (χ2n) is 7.00. The van der Waals surface area contributed by atoms with Crippen LogP contribution >= 0.6 is 7.82 Å². The van der Waals surface area contributed by atoms with Crippen LogP contribution in [0.2, 0.25) is 0 Å². The molecule has 0 aliphatic carbocycles. The minimum atomic E-state index is -4.62. The average Bonchev–Trinajstić information content (AvgIpc) is 3.44. The van der Waals surface area contributed by atoms with Gasteiger partial charge in [-0.1, -0.05) is 17.0 Å². The van der Waals surface area contributed by atoms with E-state index in [-0.39, 0.29) is 23.5 Å². The lowest BCUT2D eigenvalue weighted by molar-refractivity contribution is -0.0445. The molecule has 4 aromatic rings. The first-order valence-corrected chi connectivity index (χ1v) is 10.8. The fourth-order valence-corrected chi connectivity index (χ4v) is 4.08. The van der Waals surface area contributed by atoms with Crippen molar-refractivity contribution in [2.24, 2.45) is 0 Å². The highest BCUT2D eigenvalue weighted by atomic mass is 31.2. The Morgan fingerprint density at radius 2 is 2.19 bits per heavy atom. The van der Waals surface area contributed by atoms with Crippen LogP contribution in [0.25, 0.3) is 22.2 Å². The maximum Gasteiger partial charge on any atom is 0.547 e. The number of rotatable bonds is 6. The van der Waals surface area contributed by atoms with Gasteiger partial charge in [0.15, 0.2) is 11.2 Å². The summed E-state index contributed by atoms with van der Waals surface area (Å²) in [5, 5.41) is 17.8. The number of aromatic nitrogens is 7. The van der Waals surface area contributed by atoms with Crippen molar-refractivity contribution in [2.75, 3.05) is 12.3 Å². The molecule has 5 rings (SSSR count). The Morgan fingerprint density at radius 1 is 1.38 bits per heavy atom. The molecule has 168 valence electrons. The van der Waals surface area contributed by atoms with Crippen molar-refractivity contribution in [3.63, 3.8) is 0 Å². The third kappa shape index (κ3) is 3.72. The van der Waals surface area contributed by atoms with E-state index in [1.807, 2.05) is 0 Å². The topological polar surface area (TPSA) is 206 Å². The molecule has 3 aromatic heterocycles. The molecule has 4 atom stereocenters. The van der Waals surface area contributed by atoms with Gasteiger partial charge in [-0.25, -0.2) is 9.55 Å². The van der Waals surface area contributed by atoms with E-state index in [1.54, 1.807) is 24.3 Å². The van der Waals surface area contributed by atoms with Gasteiger partial charge in [0.25, 0.3) is 5.56 Å². The number of phosphoric acid groups is 1. The summed E-state index contributed by atoms with van der Waals surface area (Å²) < 4.78 is 29.5. The van der Waals surface area contributed by atoms with Crippen LogP contribution in [0.4, 0.5) is 5.95 Å². The highest BCUT2D eigenvalue weighted by Crippen LogP contribution is 2.41. The molecule has 1 aliphatic rings. The number of phosphoric ester groups is 1. The number of nitrogens with one attached hydrogen (secondary N) is 1. The molecule has 16 heteroatoms. The summed E-state index contributed by atoms with van der Waals surface area (Å²) >= 11 is 0. The first kappa shape index (κ1) is 20.5. The van der Waals surface area contributed by atoms with Gasteiger partial charge >= 0.3 is 7.82 Å². The molecule has 15 nitrogen and oxygen atoms in total. The minimum absolute atomic E-state index is 0.0605. The SMILES string of the molecule is Nc1nc2c(ncn2[C@H]2C[C@H](O)[C@@H](COP(=O)(O)On3nnc4ccccc43)O2)c(=O)[nH]1. The molecule has 0 spiro atoms. The molecule has 5 N–H and O–H groups in total. The second kappa shape index (κ2) is 7.65. The number of nitrogen functional groups attached to an aromatic ring is 1. The summed E-state index contributed by atoms with van der Waals surface area (Å²) in [6.45, 7) is -0.457. The number of hydrogen-bond acceptors (Lipinski definition) is 11. The number of aliphatic hydroxyl groups excluding tert-OH is 1. The molecule has 0 bridgehead atoms. The van der Waals surface area contributed by atoms with Gasteiger partial charge in [-0.3, -0.25) is 28.4 Å². The molecule has 1 saturated heterocycles. The van der Waals surface area contributed by atoms with Gasteiger partial charge < -0.3 is 15.6 Å². The Hall–Kier alpha value is -3.36. The normalized spacial score (nSPS) is 23.0. The summed E-state index contributed by atoms with van der Waals surface area (Å²) in [5.74, 6) is -0.0957. The Morgan fingerprint density at radius 3 is 3.03 bits per heavy atom. The number of H-pyrrole nitrogens is 1. The number of nitrogens with zero attached hydrogens (tertiary/aromatic N) is 6. The van der Waals surface area contributed by atoms with Crippen LogP contribution in [0.15, 0.2) is 35.4 Å². The molecule has 4 heterocycles. The molecule has 0 amide bonds. The number of imidazole rings is 1. The van der Waals surface area contributed by atoms with Crippen LogP contribution in [0.1, 0.15) is 12.6 Å². The molecule has 0 radical (unpaired) electrons. The highest BCUT2D eigenvalue weighted by molar-refractivity contribution is 7.47. The number of benzene rings is 1. The van der Waals surface area contributed by atoms with Crippen LogP contribution in [-0.2, 0) is 13.8 Å². The van der Waals surface area contributed by atoms with Gasteiger partial charge in [-0.2, -0.15) is 4.98 Å². The molecular formula is C16H17N8O7P. The standard InChI is InChI=1S/C16H17N8O7P/c17-16-19-14-13(15(26)20-16)18-7-23(14)12-5-10(25)11(30-12)6-29-32(27,28)31-24-9-4-2-1-3-8(9)21-22-24/h1-4,7,10-12,25H,5-6H2,(H,27,28)(H3,17,19,20,26)/t10-,11+,12+/m0/s1. The van der Waals surface area contributed by atoms with E-state index in [0.29, 0.717) is 11.0 Å². The summed E-state index contributed by atoms with van der Waals surface area (Å²) in [7, 11) is -4.62. The fraction of sp³-hybridized carbons (Fsp3) is 0.312. The van der Waals surface area contributed by atoms with Crippen LogP contribution in [0.3, 0.4) is 0 Å². The Kier molecular flexibility index (Phi) is 4.91. The lowest BCUT2D eigenvalue weighted by Gasteiger charge is -2.17. The number of fused-ring (bicyclic) bond motifs is 2. The van der Waals surface area contributed by atoms with Crippen molar-refractivity contribution in [2.45, 2.75) is 24.9 Å². The maximum atomic E-state index is 12.4. The average molecular weight is 464 g/mol. The number of nitrogens with two attached hydrogens (primary N) is 1. The number of hydrogen-bond donors (Lipinski definition) is 4. The van der Waals surface area contributed by atoms with Crippen molar-refractivity contribution in [3.05, 3.63) is 40.9 Å². The molecule has 1 aliphatic heterocycles. The van der Waals surface area contributed by atoms with Gasteiger partial charge in [0, 0.05) is 6.42 Å². The number of aromatic amines is 1. The fourth-order valence-electron chi connectivity index (χ4n) is 3.39. The van der Waals surface area contributed by atoms with Crippen LogP contribution in [-0.4, -0.2) is 63.5 Å². The van der Waals surface area contributed by atoms with Crippen LogP contribution in [0.5, 0.6) is 0 Å². The first-order chi connectivity index (χ1) is 15.3. The third-order valence-electron chi connectivity index (χ3n) is 4.87. The first-order valence-electron chi connectivity index (χ1n) is 9.34. The Balaban J connectivity index is 1.27. The Bertz CT molecular complexity index is 1400. The lowest BCUT2D eigenvalue weighted by Crippen LogP contribution is -2.27. The zero-order valence-corrected chi connectivity index (χ0v) is 17.1. The number of anilines is 1. The zero-order chi connectivity index (χ0) is 22.5. The maximum absolute atomic E-state index is 12.4. The third-order valence-corrected chi connectivity index (χ3v) is 5.71. The summed E-state index contributed by atoms with van der Waals surface area (Å²) in [6.07, 6.45) is -1.33. The molecule has 1 fully saturated rings. The molecule has 32 heavy (non-hydrogen) atoms. The lowest BCUT2D eigenvalue weighted by atomic mass is 10.2. The summed E-state index contributed by atoms with van der Waals surface area (Å²) in [5.41, 5.74) is 6.15. The zero-order valence-electron chi connectivity index (χ0n) is 16.2. The second-order valence-corrected chi connectivity index (χ2v) is 8.36. The van der Waals surface area contributed by atoms with Crippen LogP contribution < -0.4 is 15.9 Å². The number of ether oxygens (including phenoxy) is 1. The van der Waals surface area contributed by atoms with Crippen LogP contribution in [0, 0.1) is 0 Å². The van der Waals surface area contributed by atoms with Gasteiger partial charge in [-0.15, -0.1) is 5.10 Å². The molecule has 0 saturated carbocycles. The van der Waals surface area contributed by atoms with Crippen molar-refractivity contribution in [1.82, 2.24) is 34.7 Å². The monoisotopic (exact) mass is 464 g/mol. The highest BCUT2D eigenvalue weighted by Gasteiger charge is 2.38. The molecule has 1 aromatic carbocycles. The van der Waals surface area contributed by atoms with Crippen molar-refractivity contribution in [3.8, 4) is 0 Å². The summed E-state index contributed by atoms with van der Waals surface area (Å²) in [4.78, 5) is 33.2. The predicted molar refractivity (Wildman–Crippen MR) is 107 cm³/mol. The number of aliphatic hydroxyl groups is 1. The van der Waals surface area contributed by atoms with Crippen molar-refractivity contribution < 1.29 is 28.5 Å². The smallest absolute Gasteiger partial charge is 0.390 e. The largest absolute Gasteiger partial charge is 0.547 e. The van der Waals surface area contributed by atoms with Gasteiger partial charge in [0.1, 0.15) is 23.4 Å². The van der Waals surface area contributed by atoms with Gasteiger partial charge in [0.05, 0.1) is 19.0 Å². The van der Waals surface area contributed by atoms with Crippen molar-refractivity contribution >= 4 is 36.0 Å². The minimum Gasteiger partial charge on any atom is -0.390 e. The Labute approximate surface area is 177 Å². The van der Waals surface area contributed by atoms with E-state index < -0.39 is 38.4 Å². The summed E-state index contributed by atoms with van der Waals surface area (Å²) in [6, 6.07) is 6.68. The van der Waals surface area contributed by atoms with E-state index >= 15 is 0 Å². The quantitative estimate of drug-likeness (QED) is 0.262. The van der Waals surface area contributed by atoms with E-state index in [9.17, 15) is 19.4 Å². The van der Waals surface area contributed by atoms with E-state index in [1.165, 1.54) is 10.9 Å². The van der Waals surface area contributed by atoms with Gasteiger partial charge in [-0.05, 0) is 17.3 Å². The molecular weight excluding hydrogens is 447 g/mol. The van der Waals surface area contributed by atoms with Gasteiger partial charge in [0.2, 0.25) is 5.95 Å². The van der Waals surface area contributed by atoms with E-state index in [0.717, 1.165) is 4.85 Å². The van der Waals surface area contributed by atoms with E-state index in [2.05, 4.69) is 25.3 Å². The predicted octanol–water partition coefficient (Wildman–Crippen LogP) is -0.659. The molecule has 1 unspecified atom stereocenters. The van der Waals surface area contributed by atoms with E-state index in [4.69, 9.17) is 19.6 Å².